The predicted molar refractivity (Wildman–Crippen MR) is 87.3 cm³/mol. The van der Waals surface area contributed by atoms with E-state index in [1.165, 1.54) is 25.7 Å². The Labute approximate surface area is 128 Å². The molecule has 0 aliphatic heterocycles. The van der Waals surface area contributed by atoms with Crippen molar-refractivity contribution in [1.29, 1.82) is 0 Å². The van der Waals surface area contributed by atoms with Gasteiger partial charge >= 0.3 is 0 Å². The quantitative estimate of drug-likeness (QED) is 0.480. The molecule has 1 aromatic rings. The smallest absolute Gasteiger partial charge is 0.190 e. The van der Waals surface area contributed by atoms with Gasteiger partial charge in [-0.1, -0.05) is 19.8 Å². The van der Waals surface area contributed by atoms with Crippen molar-refractivity contribution in [3.05, 3.63) is 18.5 Å². The van der Waals surface area contributed by atoms with Gasteiger partial charge in [0.15, 0.2) is 5.96 Å². The Morgan fingerprint density at radius 2 is 2.29 bits per heavy atom. The first-order valence-electron chi connectivity index (χ1n) is 8.20. The molecule has 0 amide bonds. The molecule has 0 bridgehead atoms. The first-order chi connectivity index (χ1) is 10.3. The second kappa shape index (κ2) is 8.70. The molecule has 0 radical (unpaired) electrons. The number of aliphatic imine (C=N–C) groups is 1. The van der Waals surface area contributed by atoms with Gasteiger partial charge in [-0.3, -0.25) is 9.67 Å². The van der Waals surface area contributed by atoms with Crippen LogP contribution in [0.3, 0.4) is 0 Å². The van der Waals surface area contributed by atoms with Gasteiger partial charge in [-0.2, -0.15) is 5.10 Å². The Balaban J connectivity index is 1.59. The third-order valence-corrected chi connectivity index (χ3v) is 4.24. The third kappa shape index (κ3) is 5.78. The average molecular weight is 291 g/mol. The summed E-state index contributed by atoms with van der Waals surface area (Å²) in [5.41, 5.74) is 0. The summed E-state index contributed by atoms with van der Waals surface area (Å²) in [5, 5.41) is 11.1. The monoisotopic (exact) mass is 291 g/mol. The van der Waals surface area contributed by atoms with Crippen LogP contribution in [0.2, 0.25) is 0 Å². The molecule has 1 saturated carbocycles. The number of nitrogens with zero attached hydrogens (tertiary/aromatic N) is 3. The lowest BCUT2D eigenvalue weighted by Crippen LogP contribution is -2.41. The van der Waals surface area contributed by atoms with Crippen molar-refractivity contribution in [2.24, 2.45) is 16.8 Å². The fourth-order valence-corrected chi connectivity index (χ4v) is 3.09. The van der Waals surface area contributed by atoms with Gasteiger partial charge in [0.25, 0.3) is 0 Å². The van der Waals surface area contributed by atoms with E-state index >= 15 is 0 Å². The van der Waals surface area contributed by atoms with Crippen LogP contribution in [0.25, 0.3) is 0 Å². The van der Waals surface area contributed by atoms with Crippen LogP contribution < -0.4 is 10.6 Å². The fraction of sp³-hybridized carbons (Fsp3) is 0.750. The zero-order chi connectivity index (χ0) is 14.9. The molecule has 1 aliphatic rings. The number of guanidine groups is 1. The lowest BCUT2D eigenvalue weighted by molar-refractivity contribution is 0.282. The van der Waals surface area contributed by atoms with Gasteiger partial charge in [-0.05, 0) is 37.2 Å². The Morgan fingerprint density at radius 3 is 3.00 bits per heavy atom. The van der Waals surface area contributed by atoms with E-state index in [9.17, 15) is 0 Å². The van der Waals surface area contributed by atoms with Crippen molar-refractivity contribution in [2.45, 2.75) is 45.6 Å². The molecule has 2 unspecified atom stereocenters. The number of nitrogens with one attached hydrogen (secondary N) is 2. The van der Waals surface area contributed by atoms with E-state index in [0.717, 1.165) is 43.9 Å². The lowest BCUT2D eigenvalue weighted by atomic mass is 9.82. The highest BCUT2D eigenvalue weighted by Crippen LogP contribution is 2.27. The van der Waals surface area contributed by atoms with Crippen LogP contribution in [0.1, 0.15) is 39.0 Å². The van der Waals surface area contributed by atoms with Gasteiger partial charge < -0.3 is 10.6 Å². The number of hydrogen-bond donors (Lipinski definition) is 2. The lowest BCUT2D eigenvalue weighted by Gasteiger charge is -2.27. The summed E-state index contributed by atoms with van der Waals surface area (Å²) in [6, 6.07) is 1.96. The molecule has 1 heterocycles. The van der Waals surface area contributed by atoms with Crippen molar-refractivity contribution >= 4 is 5.96 Å². The van der Waals surface area contributed by atoms with Crippen LogP contribution >= 0.6 is 0 Å². The first-order valence-corrected chi connectivity index (χ1v) is 8.20. The molecular weight excluding hydrogens is 262 g/mol. The molecule has 2 rings (SSSR count). The van der Waals surface area contributed by atoms with Crippen LogP contribution in [0.15, 0.2) is 23.5 Å². The molecule has 2 N–H and O–H groups in total. The van der Waals surface area contributed by atoms with E-state index in [-0.39, 0.29) is 0 Å². The Hall–Kier alpha value is -1.52. The molecule has 0 spiro atoms. The van der Waals surface area contributed by atoms with E-state index in [1.54, 1.807) is 0 Å². The topological polar surface area (TPSA) is 54.2 Å². The number of hydrogen-bond acceptors (Lipinski definition) is 2. The number of rotatable bonds is 6. The molecule has 1 fully saturated rings. The Bertz CT molecular complexity index is 412. The maximum Gasteiger partial charge on any atom is 0.190 e. The highest BCUT2D eigenvalue weighted by Gasteiger charge is 2.18. The van der Waals surface area contributed by atoms with E-state index in [4.69, 9.17) is 0 Å². The van der Waals surface area contributed by atoms with Crippen LogP contribution in [-0.4, -0.2) is 35.9 Å². The summed E-state index contributed by atoms with van der Waals surface area (Å²) in [5.74, 6) is 2.61. The maximum atomic E-state index is 4.30. The van der Waals surface area contributed by atoms with Gasteiger partial charge in [-0.15, -0.1) is 0 Å². The largest absolute Gasteiger partial charge is 0.356 e. The minimum atomic E-state index is 0.802. The standard InChI is InChI=1S/C16H29N5/c1-14-6-3-7-15(12-14)13-19-16(17-2)18-8-4-10-21-11-5-9-20-21/h5,9,11,14-15H,3-4,6-8,10,12-13H2,1-2H3,(H2,17,18,19). The van der Waals surface area contributed by atoms with Gasteiger partial charge in [0.05, 0.1) is 0 Å². The Morgan fingerprint density at radius 1 is 1.38 bits per heavy atom. The van der Waals surface area contributed by atoms with Crippen LogP contribution in [-0.2, 0) is 6.54 Å². The molecule has 5 nitrogen and oxygen atoms in total. The van der Waals surface area contributed by atoms with Gasteiger partial charge in [0.1, 0.15) is 0 Å². The summed E-state index contributed by atoms with van der Waals surface area (Å²) < 4.78 is 1.96. The predicted octanol–water partition coefficient (Wildman–Crippen LogP) is 2.26. The zero-order valence-corrected chi connectivity index (χ0v) is 13.4. The van der Waals surface area contributed by atoms with Crippen molar-refractivity contribution in [3.63, 3.8) is 0 Å². The van der Waals surface area contributed by atoms with Gasteiger partial charge in [0, 0.05) is 39.1 Å². The summed E-state index contributed by atoms with van der Waals surface area (Å²) in [4.78, 5) is 4.30. The zero-order valence-electron chi connectivity index (χ0n) is 13.4. The summed E-state index contributed by atoms with van der Waals surface area (Å²) in [7, 11) is 1.84. The highest BCUT2D eigenvalue weighted by molar-refractivity contribution is 5.79. The molecule has 5 heteroatoms. The van der Waals surface area contributed by atoms with Crippen LogP contribution in [0, 0.1) is 11.8 Å². The summed E-state index contributed by atoms with van der Waals surface area (Å²) >= 11 is 0. The minimum absolute atomic E-state index is 0.802. The number of aryl methyl sites for hydroxylation is 1. The normalized spacial score (nSPS) is 23.0. The SMILES string of the molecule is CN=C(NCCCn1cccn1)NCC1CCCC(C)C1. The van der Waals surface area contributed by atoms with Crippen molar-refractivity contribution in [2.75, 3.05) is 20.1 Å². The van der Waals surface area contributed by atoms with Gasteiger partial charge in [-0.25, -0.2) is 0 Å². The fourth-order valence-electron chi connectivity index (χ4n) is 3.09. The highest BCUT2D eigenvalue weighted by atomic mass is 15.3. The van der Waals surface area contributed by atoms with Gasteiger partial charge in [0.2, 0.25) is 0 Å². The molecule has 0 aromatic carbocycles. The van der Waals surface area contributed by atoms with E-state index in [0.29, 0.717) is 0 Å². The van der Waals surface area contributed by atoms with Crippen LogP contribution in [0.5, 0.6) is 0 Å². The molecule has 1 aliphatic carbocycles. The maximum absolute atomic E-state index is 4.30. The summed E-state index contributed by atoms with van der Waals surface area (Å²) in [6.07, 6.45) is 10.3. The average Bonchev–Trinajstić information content (AvgIpc) is 3.00. The molecule has 2 atom stereocenters. The third-order valence-electron chi connectivity index (χ3n) is 4.24. The van der Waals surface area contributed by atoms with Crippen molar-refractivity contribution < 1.29 is 0 Å². The Kier molecular flexibility index (Phi) is 6.57. The second-order valence-corrected chi connectivity index (χ2v) is 6.14. The van der Waals surface area contributed by atoms with E-state index in [2.05, 4.69) is 27.6 Å². The molecule has 118 valence electrons. The van der Waals surface area contributed by atoms with Crippen LogP contribution in [0.4, 0.5) is 0 Å². The van der Waals surface area contributed by atoms with Crippen molar-refractivity contribution in [3.8, 4) is 0 Å². The van der Waals surface area contributed by atoms with E-state index in [1.807, 2.05) is 30.2 Å². The minimum Gasteiger partial charge on any atom is -0.356 e. The van der Waals surface area contributed by atoms with Crippen molar-refractivity contribution in [1.82, 2.24) is 20.4 Å². The number of aromatic nitrogens is 2. The molecular formula is C16H29N5. The first kappa shape index (κ1) is 15.9. The van der Waals surface area contributed by atoms with E-state index < -0.39 is 0 Å². The molecule has 21 heavy (non-hydrogen) atoms. The summed E-state index contributed by atoms with van der Waals surface area (Å²) in [6.45, 7) is 5.27. The second-order valence-electron chi connectivity index (χ2n) is 6.14. The molecule has 0 saturated heterocycles. The molecule has 1 aromatic heterocycles.